The van der Waals surface area contributed by atoms with Crippen molar-refractivity contribution in [1.82, 2.24) is 9.21 Å². The number of thioether (sulfide) groups is 1. The Morgan fingerprint density at radius 1 is 1.27 bits per heavy atom. The van der Waals surface area contributed by atoms with Crippen molar-refractivity contribution >= 4 is 38.5 Å². The Bertz CT molecular complexity index is 815. The summed E-state index contributed by atoms with van der Waals surface area (Å²) < 4.78 is 25.8. The van der Waals surface area contributed by atoms with Crippen LogP contribution in [0.4, 0.5) is 5.69 Å². The summed E-state index contributed by atoms with van der Waals surface area (Å²) in [7, 11) is -0.501. The highest BCUT2D eigenvalue weighted by Crippen LogP contribution is 2.33. The molecule has 1 amide bonds. The molecule has 1 aromatic rings. The average Bonchev–Trinajstić information content (AvgIpc) is 3.24. The van der Waals surface area contributed by atoms with Crippen molar-refractivity contribution in [2.24, 2.45) is 10.9 Å². The van der Waals surface area contributed by atoms with Gasteiger partial charge in [-0.1, -0.05) is 37.6 Å². The molecule has 1 saturated heterocycles. The van der Waals surface area contributed by atoms with Gasteiger partial charge in [-0.3, -0.25) is 9.69 Å². The minimum Gasteiger partial charge on any atom is -0.290 e. The lowest BCUT2D eigenvalue weighted by Gasteiger charge is -2.20. The van der Waals surface area contributed by atoms with Gasteiger partial charge in [0.05, 0.1) is 10.6 Å². The normalized spacial score (nSPS) is 23.3. The zero-order valence-corrected chi connectivity index (χ0v) is 17.0. The molecular weight excluding hydrogens is 370 g/mol. The molecule has 0 spiro atoms. The molecule has 1 aromatic carbocycles. The van der Waals surface area contributed by atoms with Crippen LogP contribution in [-0.4, -0.2) is 54.6 Å². The second-order valence-electron chi connectivity index (χ2n) is 7.04. The van der Waals surface area contributed by atoms with Crippen molar-refractivity contribution in [3.8, 4) is 0 Å². The highest BCUT2D eigenvalue weighted by atomic mass is 32.2. The fraction of sp³-hybridized carbons (Fsp3) is 0.556. The molecule has 2 fully saturated rings. The second kappa shape index (κ2) is 7.70. The molecule has 0 unspecified atom stereocenters. The summed E-state index contributed by atoms with van der Waals surface area (Å²) in [6.45, 7) is 2.74. The van der Waals surface area contributed by atoms with Crippen LogP contribution in [0.5, 0.6) is 0 Å². The van der Waals surface area contributed by atoms with E-state index < -0.39 is 10.0 Å². The largest absolute Gasteiger partial charge is 0.290 e. The number of hydrogen-bond acceptors (Lipinski definition) is 5. The van der Waals surface area contributed by atoms with Crippen molar-refractivity contribution in [3.63, 3.8) is 0 Å². The van der Waals surface area contributed by atoms with Gasteiger partial charge >= 0.3 is 0 Å². The first-order valence-corrected chi connectivity index (χ1v) is 11.2. The van der Waals surface area contributed by atoms with E-state index in [0.29, 0.717) is 17.4 Å². The van der Waals surface area contributed by atoms with Crippen LogP contribution in [0, 0.1) is 5.92 Å². The van der Waals surface area contributed by atoms with Crippen molar-refractivity contribution in [3.05, 3.63) is 24.3 Å². The summed E-state index contributed by atoms with van der Waals surface area (Å²) in [6, 6.07) is 6.57. The lowest BCUT2D eigenvalue weighted by atomic mass is 10.1. The third kappa shape index (κ3) is 3.97. The molecule has 0 radical (unpaired) electrons. The van der Waals surface area contributed by atoms with Gasteiger partial charge in [0.2, 0.25) is 15.9 Å². The Morgan fingerprint density at radius 3 is 2.62 bits per heavy atom. The van der Waals surface area contributed by atoms with Crippen LogP contribution < -0.4 is 0 Å². The summed E-state index contributed by atoms with van der Waals surface area (Å²) in [6.07, 6.45) is 4.14. The number of hydrogen-bond donors (Lipinski definition) is 0. The zero-order chi connectivity index (χ0) is 18.9. The molecule has 1 aliphatic heterocycles. The molecule has 3 rings (SSSR count). The molecule has 2 aliphatic rings. The number of amides is 1. The molecule has 1 atom stereocenters. The summed E-state index contributed by atoms with van der Waals surface area (Å²) in [5.41, 5.74) is 0.550. The van der Waals surface area contributed by atoms with E-state index in [0.717, 1.165) is 25.7 Å². The first-order chi connectivity index (χ1) is 12.3. The maximum atomic E-state index is 12.8. The molecule has 0 aromatic heterocycles. The SMILES string of the molecule is C[C@@H]1CN(C(=O)C2CCCC2)C(=Nc2cccc(S(=O)(=O)N(C)C)c2)S1. The summed E-state index contributed by atoms with van der Waals surface area (Å²) in [5.74, 6) is 0.265. The van der Waals surface area contributed by atoms with E-state index in [4.69, 9.17) is 0 Å². The van der Waals surface area contributed by atoms with Gasteiger partial charge in [-0.25, -0.2) is 17.7 Å². The Labute approximate surface area is 159 Å². The fourth-order valence-corrected chi connectivity index (χ4v) is 5.29. The first-order valence-electron chi connectivity index (χ1n) is 8.88. The molecule has 0 bridgehead atoms. The Morgan fingerprint density at radius 2 is 1.96 bits per heavy atom. The van der Waals surface area contributed by atoms with Crippen LogP contribution in [0.1, 0.15) is 32.6 Å². The van der Waals surface area contributed by atoms with Crippen molar-refractivity contribution in [1.29, 1.82) is 0 Å². The van der Waals surface area contributed by atoms with E-state index in [-0.39, 0.29) is 22.0 Å². The molecule has 8 heteroatoms. The second-order valence-corrected chi connectivity index (χ2v) is 10.6. The standard InChI is InChI=1S/C18H25N3O3S2/c1-13-12-21(17(22)14-7-4-5-8-14)18(25-13)19-15-9-6-10-16(11-15)26(23,24)20(2)3/h6,9-11,13-14H,4-5,7-8,12H2,1-3H3/t13-/m1/s1. The van der Waals surface area contributed by atoms with Crippen LogP contribution in [0.25, 0.3) is 0 Å². The smallest absolute Gasteiger partial charge is 0.242 e. The molecule has 1 aliphatic carbocycles. The third-order valence-electron chi connectivity index (χ3n) is 4.77. The minimum absolute atomic E-state index is 0.103. The summed E-state index contributed by atoms with van der Waals surface area (Å²) in [4.78, 5) is 19.4. The maximum absolute atomic E-state index is 12.8. The van der Waals surface area contributed by atoms with Crippen molar-refractivity contribution in [2.75, 3.05) is 20.6 Å². The van der Waals surface area contributed by atoms with E-state index in [2.05, 4.69) is 11.9 Å². The molecular formula is C18H25N3O3S2. The topological polar surface area (TPSA) is 70.0 Å². The number of carbonyl (C=O) groups excluding carboxylic acids is 1. The average molecular weight is 396 g/mol. The highest BCUT2D eigenvalue weighted by molar-refractivity contribution is 8.14. The molecule has 26 heavy (non-hydrogen) atoms. The first kappa shape index (κ1) is 19.4. The van der Waals surface area contributed by atoms with Gasteiger partial charge in [-0.05, 0) is 31.0 Å². The molecule has 0 N–H and O–H groups in total. The van der Waals surface area contributed by atoms with Gasteiger partial charge in [0, 0.05) is 31.8 Å². The minimum atomic E-state index is -3.51. The quantitative estimate of drug-likeness (QED) is 0.786. The van der Waals surface area contributed by atoms with Crippen LogP contribution >= 0.6 is 11.8 Å². The van der Waals surface area contributed by atoms with Gasteiger partial charge in [-0.15, -0.1) is 0 Å². The number of benzene rings is 1. The van der Waals surface area contributed by atoms with E-state index >= 15 is 0 Å². The lowest BCUT2D eigenvalue weighted by Crippen LogP contribution is -2.36. The predicted molar refractivity (Wildman–Crippen MR) is 105 cm³/mol. The van der Waals surface area contributed by atoms with Crippen LogP contribution in [0.3, 0.4) is 0 Å². The van der Waals surface area contributed by atoms with Crippen LogP contribution in [-0.2, 0) is 14.8 Å². The monoisotopic (exact) mass is 395 g/mol. The van der Waals surface area contributed by atoms with Gasteiger partial charge in [-0.2, -0.15) is 0 Å². The Kier molecular flexibility index (Phi) is 5.74. The number of carbonyl (C=O) groups is 1. The maximum Gasteiger partial charge on any atom is 0.242 e. The molecule has 142 valence electrons. The molecule has 6 nitrogen and oxygen atoms in total. The summed E-state index contributed by atoms with van der Waals surface area (Å²) >= 11 is 1.57. The Hall–Kier alpha value is -1.38. The Balaban J connectivity index is 1.89. The predicted octanol–water partition coefficient (Wildman–Crippen LogP) is 3.08. The van der Waals surface area contributed by atoms with E-state index in [1.165, 1.54) is 18.4 Å². The van der Waals surface area contributed by atoms with E-state index in [1.54, 1.807) is 40.9 Å². The van der Waals surface area contributed by atoms with Gasteiger partial charge in [0.15, 0.2) is 5.17 Å². The number of nitrogens with zero attached hydrogens (tertiary/aromatic N) is 3. The van der Waals surface area contributed by atoms with Gasteiger partial charge in [0.25, 0.3) is 0 Å². The molecule has 1 heterocycles. The van der Waals surface area contributed by atoms with Crippen molar-refractivity contribution in [2.45, 2.75) is 42.8 Å². The van der Waals surface area contributed by atoms with E-state index in [1.807, 2.05) is 0 Å². The van der Waals surface area contributed by atoms with Gasteiger partial charge < -0.3 is 0 Å². The van der Waals surface area contributed by atoms with Crippen molar-refractivity contribution < 1.29 is 13.2 Å². The third-order valence-corrected chi connectivity index (χ3v) is 7.65. The summed E-state index contributed by atoms with van der Waals surface area (Å²) in [5, 5.41) is 0.960. The fourth-order valence-electron chi connectivity index (χ4n) is 3.31. The highest BCUT2D eigenvalue weighted by Gasteiger charge is 2.35. The van der Waals surface area contributed by atoms with Gasteiger partial charge in [0.1, 0.15) is 0 Å². The van der Waals surface area contributed by atoms with Crippen LogP contribution in [0.15, 0.2) is 34.2 Å². The number of amidine groups is 1. The zero-order valence-electron chi connectivity index (χ0n) is 15.4. The molecule has 1 saturated carbocycles. The lowest BCUT2D eigenvalue weighted by molar-refractivity contribution is -0.131. The van der Waals surface area contributed by atoms with E-state index in [9.17, 15) is 13.2 Å². The number of sulfonamides is 1. The van der Waals surface area contributed by atoms with Crippen LogP contribution in [0.2, 0.25) is 0 Å². The number of rotatable bonds is 4. The number of aliphatic imine (C=N–C) groups is 1.